The molecule has 0 spiro atoms. The monoisotopic (exact) mass is 397 g/mol. The van der Waals surface area contributed by atoms with Gasteiger partial charge in [-0.2, -0.15) is 0 Å². The van der Waals surface area contributed by atoms with Crippen molar-refractivity contribution in [1.29, 1.82) is 0 Å². The zero-order chi connectivity index (χ0) is 21.0. The Kier molecular flexibility index (Phi) is 6.26. The van der Waals surface area contributed by atoms with Gasteiger partial charge in [0.15, 0.2) is 11.5 Å². The summed E-state index contributed by atoms with van der Waals surface area (Å²) < 4.78 is 10.9. The highest BCUT2D eigenvalue weighted by Gasteiger charge is 2.32. The molecule has 3 amide bonds. The van der Waals surface area contributed by atoms with E-state index in [4.69, 9.17) is 9.47 Å². The van der Waals surface area contributed by atoms with Crippen molar-refractivity contribution in [3.05, 3.63) is 53.1 Å². The van der Waals surface area contributed by atoms with Gasteiger partial charge < -0.3 is 25.0 Å². The lowest BCUT2D eigenvalue weighted by Gasteiger charge is -2.37. The lowest BCUT2D eigenvalue weighted by molar-refractivity contribution is -0.119. The molecule has 0 bridgehead atoms. The van der Waals surface area contributed by atoms with E-state index >= 15 is 0 Å². The van der Waals surface area contributed by atoms with Crippen molar-refractivity contribution < 1.29 is 19.1 Å². The molecule has 0 aromatic heterocycles. The number of aryl methyl sites for hydroxylation is 1. The normalized spacial score (nSPS) is 15.3. The number of methoxy groups -OCH3 is 2. The van der Waals surface area contributed by atoms with Crippen LogP contribution in [0.1, 0.15) is 29.7 Å². The van der Waals surface area contributed by atoms with E-state index in [-0.39, 0.29) is 18.0 Å². The van der Waals surface area contributed by atoms with Crippen LogP contribution in [0.2, 0.25) is 0 Å². The first-order valence-electron chi connectivity index (χ1n) is 9.56. The van der Waals surface area contributed by atoms with Gasteiger partial charge in [-0.15, -0.1) is 0 Å². The van der Waals surface area contributed by atoms with Crippen LogP contribution in [0.5, 0.6) is 11.5 Å². The van der Waals surface area contributed by atoms with E-state index in [2.05, 4.69) is 10.6 Å². The van der Waals surface area contributed by atoms with E-state index in [1.165, 1.54) is 6.92 Å². The first-order chi connectivity index (χ1) is 13.9. The average molecular weight is 397 g/mol. The molecule has 154 valence electrons. The Morgan fingerprint density at radius 1 is 1.10 bits per heavy atom. The highest BCUT2D eigenvalue weighted by Crippen LogP contribution is 2.38. The van der Waals surface area contributed by atoms with Gasteiger partial charge in [0.25, 0.3) is 0 Å². The third-order valence-corrected chi connectivity index (χ3v) is 5.11. The van der Waals surface area contributed by atoms with E-state index in [1.54, 1.807) is 19.1 Å². The van der Waals surface area contributed by atoms with Crippen molar-refractivity contribution >= 4 is 17.6 Å². The van der Waals surface area contributed by atoms with Crippen molar-refractivity contribution in [2.45, 2.75) is 26.3 Å². The summed E-state index contributed by atoms with van der Waals surface area (Å²) in [6.07, 6.45) is 0.688. The molecule has 7 heteroatoms. The highest BCUT2D eigenvalue weighted by atomic mass is 16.5. The number of anilines is 1. The molecule has 7 nitrogen and oxygen atoms in total. The summed E-state index contributed by atoms with van der Waals surface area (Å²) in [7, 11) is 3.18. The maximum Gasteiger partial charge on any atom is 0.322 e. The lowest BCUT2D eigenvalue weighted by Crippen LogP contribution is -2.46. The molecule has 2 N–H and O–H groups in total. The molecule has 1 atom stereocenters. The zero-order valence-electron chi connectivity index (χ0n) is 17.2. The Morgan fingerprint density at radius 3 is 2.38 bits per heavy atom. The maximum atomic E-state index is 13.0. The van der Waals surface area contributed by atoms with Gasteiger partial charge in [-0.25, -0.2) is 4.79 Å². The summed E-state index contributed by atoms with van der Waals surface area (Å²) >= 11 is 0. The molecule has 0 radical (unpaired) electrons. The molecule has 1 aliphatic rings. The number of fused-ring (bicyclic) bond motifs is 1. The van der Waals surface area contributed by atoms with Crippen LogP contribution in [0.25, 0.3) is 0 Å². The molecule has 29 heavy (non-hydrogen) atoms. The smallest absolute Gasteiger partial charge is 0.322 e. The Bertz CT molecular complexity index is 896. The molecule has 2 aromatic carbocycles. The number of benzene rings is 2. The van der Waals surface area contributed by atoms with Gasteiger partial charge >= 0.3 is 6.03 Å². The summed E-state index contributed by atoms with van der Waals surface area (Å²) in [5.74, 6) is 1.11. The van der Waals surface area contributed by atoms with Crippen LogP contribution >= 0.6 is 0 Å². The molecular formula is C22H27N3O4. The summed E-state index contributed by atoms with van der Waals surface area (Å²) in [4.78, 5) is 26.3. The van der Waals surface area contributed by atoms with Crippen molar-refractivity contribution in [3.63, 3.8) is 0 Å². The van der Waals surface area contributed by atoms with Crippen LogP contribution in [0, 0.1) is 6.92 Å². The van der Waals surface area contributed by atoms with Crippen molar-refractivity contribution in [2.75, 3.05) is 32.6 Å². The second-order valence-electron chi connectivity index (χ2n) is 7.10. The van der Waals surface area contributed by atoms with Crippen LogP contribution in [0.4, 0.5) is 10.5 Å². The minimum Gasteiger partial charge on any atom is -0.493 e. The molecule has 3 rings (SSSR count). The number of urea groups is 1. The van der Waals surface area contributed by atoms with Gasteiger partial charge in [-0.1, -0.05) is 17.7 Å². The zero-order valence-corrected chi connectivity index (χ0v) is 17.2. The van der Waals surface area contributed by atoms with Crippen LogP contribution in [-0.2, 0) is 11.2 Å². The van der Waals surface area contributed by atoms with Crippen molar-refractivity contribution in [3.8, 4) is 11.5 Å². The van der Waals surface area contributed by atoms with Gasteiger partial charge in [0.2, 0.25) is 5.91 Å². The molecule has 0 fully saturated rings. The molecule has 0 unspecified atom stereocenters. The van der Waals surface area contributed by atoms with Gasteiger partial charge in [0.1, 0.15) is 0 Å². The van der Waals surface area contributed by atoms with E-state index < -0.39 is 0 Å². The number of hydrogen-bond donors (Lipinski definition) is 2. The predicted molar refractivity (Wildman–Crippen MR) is 112 cm³/mol. The number of rotatable bonds is 5. The summed E-state index contributed by atoms with van der Waals surface area (Å²) in [6.45, 7) is 4.32. The van der Waals surface area contributed by atoms with Crippen LogP contribution in [-0.4, -0.2) is 44.1 Å². The highest BCUT2D eigenvalue weighted by molar-refractivity contribution is 5.90. The van der Waals surface area contributed by atoms with Gasteiger partial charge in [0, 0.05) is 25.7 Å². The third kappa shape index (κ3) is 4.62. The van der Waals surface area contributed by atoms with Crippen molar-refractivity contribution in [1.82, 2.24) is 10.2 Å². The fraction of sp³-hybridized carbons (Fsp3) is 0.364. The fourth-order valence-electron chi connectivity index (χ4n) is 3.56. The lowest BCUT2D eigenvalue weighted by atomic mass is 9.92. The number of carbonyl (C=O) groups is 2. The number of hydrogen-bond acceptors (Lipinski definition) is 4. The minimum atomic E-state index is -0.312. The van der Waals surface area contributed by atoms with Gasteiger partial charge in [0.05, 0.1) is 20.3 Å². The maximum absolute atomic E-state index is 13.0. The molecular weight excluding hydrogens is 370 g/mol. The largest absolute Gasteiger partial charge is 0.493 e. The summed E-state index contributed by atoms with van der Waals surface area (Å²) in [5, 5.41) is 5.80. The quantitative estimate of drug-likeness (QED) is 0.811. The Morgan fingerprint density at radius 2 is 1.76 bits per heavy atom. The van der Waals surface area contributed by atoms with Crippen molar-refractivity contribution in [2.24, 2.45) is 0 Å². The Balaban J connectivity index is 1.91. The average Bonchev–Trinajstić information content (AvgIpc) is 2.72. The number of nitrogens with one attached hydrogen (secondary N) is 2. The van der Waals surface area contributed by atoms with Crippen LogP contribution in [0.3, 0.4) is 0 Å². The SMILES string of the molecule is COc1cc2c(cc1OC)[C@H](CNC(C)=O)N(C(=O)Nc1ccc(C)cc1)CC2. The topological polar surface area (TPSA) is 79.9 Å². The van der Waals surface area contributed by atoms with Crippen LogP contribution in [0.15, 0.2) is 36.4 Å². The Labute approximate surface area is 171 Å². The molecule has 1 aliphatic heterocycles. The van der Waals surface area contributed by atoms with Gasteiger partial charge in [-0.3, -0.25) is 4.79 Å². The number of nitrogens with zero attached hydrogens (tertiary/aromatic N) is 1. The number of ether oxygens (including phenoxy) is 2. The van der Waals surface area contributed by atoms with E-state index in [9.17, 15) is 9.59 Å². The first-order valence-corrected chi connectivity index (χ1v) is 9.56. The fourth-order valence-corrected chi connectivity index (χ4v) is 3.56. The first kappa shape index (κ1) is 20.5. The van der Waals surface area contributed by atoms with E-state index in [1.807, 2.05) is 43.3 Å². The summed E-state index contributed by atoms with van der Waals surface area (Å²) in [6, 6.07) is 11.0. The van der Waals surface area contributed by atoms with E-state index in [0.717, 1.165) is 22.4 Å². The summed E-state index contributed by atoms with van der Waals surface area (Å²) in [5.41, 5.74) is 3.88. The molecule has 1 heterocycles. The second-order valence-corrected chi connectivity index (χ2v) is 7.10. The minimum absolute atomic E-state index is 0.142. The predicted octanol–water partition coefficient (Wildman–Crippen LogP) is 3.28. The molecule has 0 saturated heterocycles. The number of carbonyl (C=O) groups excluding carboxylic acids is 2. The molecule has 2 aromatic rings. The Hall–Kier alpha value is -3.22. The third-order valence-electron chi connectivity index (χ3n) is 5.11. The van der Waals surface area contributed by atoms with Gasteiger partial charge in [-0.05, 0) is 48.7 Å². The van der Waals surface area contributed by atoms with E-state index in [0.29, 0.717) is 31.0 Å². The number of amides is 3. The molecule has 0 saturated carbocycles. The van der Waals surface area contributed by atoms with Crippen LogP contribution < -0.4 is 20.1 Å². The second kappa shape index (κ2) is 8.86. The molecule has 0 aliphatic carbocycles. The standard InChI is InChI=1S/C22H27N3O4/c1-14-5-7-17(8-6-14)24-22(27)25-10-9-16-11-20(28-3)21(29-4)12-18(16)19(25)13-23-15(2)26/h5-8,11-12,19H,9-10,13H2,1-4H3,(H,23,26)(H,24,27)/t19-/m0/s1.